The van der Waals surface area contributed by atoms with E-state index in [1.807, 2.05) is 41.0 Å². The summed E-state index contributed by atoms with van der Waals surface area (Å²) in [7, 11) is 0. The van der Waals surface area contributed by atoms with Crippen molar-refractivity contribution in [2.45, 2.75) is 6.92 Å². The number of aromatic nitrogens is 3. The molecule has 23 heavy (non-hydrogen) atoms. The summed E-state index contributed by atoms with van der Waals surface area (Å²) in [5.74, 6) is 0.888. The lowest BCUT2D eigenvalue weighted by molar-refractivity contribution is 0.477. The summed E-state index contributed by atoms with van der Waals surface area (Å²) in [5, 5.41) is 10.2. The van der Waals surface area contributed by atoms with Crippen molar-refractivity contribution in [3.05, 3.63) is 72.4 Å². The number of nitrogens with zero attached hydrogens (tertiary/aromatic N) is 3. The van der Waals surface area contributed by atoms with E-state index < -0.39 is 0 Å². The quantitative estimate of drug-likeness (QED) is 0.606. The van der Waals surface area contributed by atoms with Crippen LogP contribution in [0, 0.1) is 6.92 Å². The molecule has 0 radical (unpaired) electrons. The van der Waals surface area contributed by atoms with E-state index in [4.69, 9.17) is 4.98 Å². The minimum Gasteiger partial charge on any atom is -0.507 e. The van der Waals surface area contributed by atoms with Crippen LogP contribution in [0.2, 0.25) is 0 Å². The number of rotatable bonds is 2. The first-order valence-corrected chi connectivity index (χ1v) is 7.43. The Bertz CT molecular complexity index is 1000. The highest BCUT2D eigenvalue weighted by Crippen LogP contribution is 2.32. The number of para-hydroxylation sites is 1. The second-order valence-corrected chi connectivity index (χ2v) is 5.47. The third kappa shape index (κ3) is 2.25. The minimum atomic E-state index is 0.205. The molecule has 0 fully saturated rings. The zero-order valence-corrected chi connectivity index (χ0v) is 12.6. The smallest absolute Gasteiger partial charge is 0.164 e. The van der Waals surface area contributed by atoms with Crippen molar-refractivity contribution in [3.63, 3.8) is 0 Å². The van der Waals surface area contributed by atoms with Crippen LogP contribution >= 0.6 is 0 Å². The van der Waals surface area contributed by atoms with Crippen LogP contribution in [0.1, 0.15) is 5.56 Å². The predicted octanol–water partition coefficient (Wildman–Crippen LogP) is 4.10. The van der Waals surface area contributed by atoms with Crippen molar-refractivity contribution in [3.8, 4) is 22.8 Å². The fraction of sp³-hybridized carbons (Fsp3) is 0.0526. The van der Waals surface area contributed by atoms with Gasteiger partial charge in [-0.25, -0.2) is 9.97 Å². The highest BCUT2D eigenvalue weighted by atomic mass is 16.3. The van der Waals surface area contributed by atoms with Crippen molar-refractivity contribution in [1.29, 1.82) is 0 Å². The minimum absolute atomic E-state index is 0.205. The van der Waals surface area contributed by atoms with Gasteiger partial charge in [-0.3, -0.25) is 4.57 Å². The number of phenols is 1. The highest BCUT2D eigenvalue weighted by Gasteiger charge is 2.17. The van der Waals surface area contributed by atoms with Gasteiger partial charge in [-0.2, -0.15) is 0 Å². The summed E-state index contributed by atoms with van der Waals surface area (Å²) in [6.07, 6.45) is 1.75. The number of pyridine rings is 1. The molecule has 0 unspecified atom stereocenters. The zero-order valence-electron chi connectivity index (χ0n) is 12.6. The Labute approximate surface area is 133 Å². The van der Waals surface area contributed by atoms with E-state index in [-0.39, 0.29) is 5.75 Å². The third-order valence-corrected chi connectivity index (χ3v) is 3.82. The number of aromatic hydroxyl groups is 1. The third-order valence-electron chi connectivity index (χ3n) is 3.82. The molecule has 112 valence electrons. The Morgan fingerprint density at radius 3 is 2.65 bits per heavy atom. The molecular formula is C19H15N3O. The van der Waals surface area contributed by atoms with Gasteiger partial charge >= 0.3 is 0 Å². The molecule has 4 rings (SSSR count). The highest BCUT2D eigenvalue weighted by molar-refractivity contribution is 5.81. The summed E-state index contributed by atoms with van der Waals surface area (Å²) in [6, 6.07) is 19.2. The number of aryl methyl sites for hydroxylation is 1. The molecule has 2 aromatic carbocycles. The molecule has 0 aliphatic heterocycles. The average Bonchev–Trinajstić information content (AvgIpc) is 2.94. The monoisotopic (exact) mass is 301 g/mol. The van der Waals surface area contributed by atoms with E-state index >= 15 is 0 Å². The van der Waals surface area contributed by atoms with Gasteiger partial charge in [-0.15, -0.1) is 0 Å². The average molecular weight is 301 g/mol. The summed E-state index contributed by atoms with van der Waals surface area (Å²) in [4.78, 5) is 9.17. The maximum absolute atomic E-state index is 10.2. The van der Waals surface area contributed by atoms with Crippen LogP contribution in [-0.2, 0) is 0 Å². The van der Waals surface area contributed by atoms with Crippen LogP contribution in [0.15, 0.2) is 66.9 Å². The number of fused-ring (bicyclic) bond motifs is 1. The Kier molecular flexibility index (Phi) is 3.08. The van der Waals surface area contributed by atoms with Crippen molar-refractivity contribution in [1.82, 2.24) is 14.5 Å². The Morgan fingerprint density at radius 1 is 0.957 bits per heavy atom. The van der Waals surface area contributed by atoms with Gasteiger partial charge in [0.1, 0.15) is 11.3 Å². The number of hydrogen-bond donors (Lipinski definition) is 1. The van der Waals surface area contributed by atoms with Crippen LogP contribution < -0.4 is 0 Å². The van der Waals surface area contributed by atoms with Gasteiger partial charge in [0.25, 0.3) is 0 Å². The summed E-state index contributed by atoms with van der Waals surface area (Å²) >= 11 is 0. The van der Waals surface area contributed by atoms with Crippen molar-refractivity contribution >= 4 is 11.2 Å². The Balaban J connectivity index is 2.09. The van der Waals surface area contributed by atoms with Gasteiger partial charge in [0.15, 0.2) is 11.5 Å². The van der Waals surface area contributed by atoms with E-state index in [1.165, 1.54) is 0 Å². The van der Waals surface area contributed by atoms with Crippen molar-refractivity contribution in [2.75, 3.05) is 0 Å². The summed E-state index contributed by atoms with van der Waals surface area (Å²) < 4.78 is 1.98. The molecule has 1 N–H and O–H groups in total. The van der Waals surface area contributed by atoms with E-state index in [9.17, 15) is 5.11 Å². The van der Waals surface area contributed by atoms with Crippen LogP contribution in [-0.4, -0.2) is 19.6 Å². The first-order chi connectivity index (χ1) is 11.2. The van der Waals surface area contributed by atoms with Crippen molar-refractivity contribution < 1.29 is 5.11 Å². The topological polar surface area (TPSA) is 50.9 Å². The predicted molar refractivity (Wildman–Crippen MR) is 90.7 cm³/mol. The summed E-state index contributed by atoms with van der Waals surface area (Å²) in [5.41, 5.74) is 4.39. The van der Waals surface area contributed by atoms with Gasteiger partial charge in [-0.05, 0) is 48.9 Å². The second-order valence-electron chi connectivity index (χ2n) is 5.47. The van der Waals surface area contributed by atoms with Crippen LogP contribution in [0.25, 0.3) is 28.2 Å². The van der Waals surface area contributed by atoms with Crippen LogP contribution in [0.3, 0.4) is 0 Å². The second kappa shape index (κ2) is 5.25. The number of benzene rings is 2. The van der Waals surface area contributed by atoms with Gasteiger partial charge < -0.3 is 5.11 Å². The molecule has 2 aromatic heterocycles. The normalized spacial score (nSPS) is 11.0. The van der Waals surface area contributed by atoms with E-state index in [0.29, 0.717) is 11.4 Å². The molecule has 0 aliphatic rings. The number of phenolic OH excluding ortho intramolecular Hbond substituents is 1. The molecule has 0 saturated carbocycles. The molecule has 0 bridgehead atoms. The zero-order chi connectivity index (χ0) is 15.8. The fourth-order valence-electron chi connectivity index (χ4n) is 2.77. The molecular weight excluding hydrogens is 286 g/mol. The SMILES string of the molecule is Cc1cccc(-n2c(-c3ccccc3O)nc3cccnc32)c1. The molecule has 4 nitrogen and oxygen atoms in total. The lowest BCUT2D eigenvalue weighted by Gasteiger charge is -2.10. The standard InChI is InChI=1S/C19H15N3O/c1-13-6-4-7-14(12-13)22-18(15-8-2-3-10-17(15)23)21-16-9-5-11-20-19(16)22/h2-12,23H,1H3. The lowest BCUT2D eigenvalue weighted by atomic mass is 10.1. The van der Waals surface area contributed by atoms with Crippen molar-refractivity contribution in [2.24, 2.45) is 0 Å². The molecule has 0 amide bonds. The number of imidazole rings is 1. The maximum atomic E-state index is 10.2. The lowest BCUT2D eigenvalue weighted by Crippen LogP contribution is -1.99. The Hall–Kier alpha value is -3.14. The van der Waals surface area contributed by atoms with Crippen LogP contribution in [0.5, 0.6) is 5.75 Å². The number of hydrogen-bond acceptors (Lipinski definition) is 3. The molecule has 0 saturated heterocycles. The van der Waals surface area contributed by atoms with Gasteiger partial charge in [0.2, 0.25) is 0 Å². The van der Waals surface area contributed by atoms with E-state index in [0.717, 1.165) is 22.4 Å². The van der Waals surface area contributed by atoms with E-state index in [1.54, 1.807) is 18.3 Å². The molecule has 2 heterocycles. The van der Waals surface area contributed by atoms with E-state index in [2.05, 4.69) is 24.0 Å². The molecule has 0 aliphatic carbocycles. The molecule has 0 spiro atoms. The summed E-state index contributed by atoms with van der Waals surface area (Å²) in [6.45, 7) is 2.05. The molecule has 4 aromatic rings. The maximum Gasteiger partial charge on any atom is 0.164 e. The van der Waals surface area contributed by atoms with Gasteiger partial charge in [0, 0.05) is 11.9 Å². The largest absolute Gasteiger partial charge is 0.507 e. The first kappa shape index (κ1) is 13.5. The van der Waals surface area contributed by atoms with Gasteiger partial charge in [0.05, 0.1) is 5.56 Å². The van der Waals surface area contributed by atoms with Crippen LogP contribution in [0.4, 0.5) is 0 Å². The van der Waals surface area contributed by atoms with Gasteiger partial charge in [-0.1, -0.05) is 24.3 Å². The fourth-order valence-corrected chi connectivity index (χ4v) is 2.77. The Morgan fingerprint density at radius 2 is 1.83 bits per heavy atom. The first-order valence-electron chi connectivity index (χ1n) is 7.43. The molecule has 4 heteroatoms. The molecule has 0 atom stereocenters.